The lowest BCUT2D eigenvalue weighted by Gasteiger charge is -2.57. The zero-order valence-electron chi connectivity index (χ0n) is 10.7. The molecule has 0 radical (unpaired) electrons. The van der Waals surface area contributed by atoms with Gasteiger partial charge in [-0.05, 0) is 43.2 Å². The van der Waals surface area contributed by atoms with Crippen LogP contribution in [0.2, 0.25) is 0 Å². The normalized spacial score (nSPS) is 32.5. The Morgan fingerprint density at radius 2 is 2.00 bits per heavy atom. The largest absolute Gasteiger partial charge is 0.300 e. The number of fused-ring (bicyclic) bond motifs is 1. The maximum atomic E-state index is 2.54. The van der Waals surface area contributed by atoms with Gasteiger partial charge in [0.1, 0.15) is 0 Å². The molecule has 2 atom stereocenters. The smallest absolute Gasteiger partial charge is 0.0195 e. The average molecular weight is 207 g/mol. The molecule has 3 rings (SSSR count). The van der Waals surface area contributed by atoms with Crippen molar-refractivity contribution < 1.29 is 0 Å². The molecule has 0 saturated heterocycles. The van der Waals surface area contributed by atoms with Crippen LogP contribution in [0.5, 0.6) is 0 Å². The van der Waals surface area contributed by atoms with Crippen LogP contribution in [-0.4, -0.2) is 24.5 Å². The molecule has 0 aromatic heterocycles. The third-order valence-corrected chi connectivity index (χ3v) is 4.88. The lowest BCUT2D eigenvalue weighted by atomic mass is 9.49. The summed E-state index contributed by atoms with van der Waals surface area (Å²) in [7, 11) is 0. The van der Waals surface area contributed by atoms with Gasteiger partial charge in [0.15, 0.2) is 0 Å². The van der Waals surface area contributed by atoms with Crippen molar-refractivity contribution in [1.82, 2.24) is 4.90 Å². The standard InChI is InChI=1S/C14H25N/c1-5-15(6-2)10-11-7-8-12-9-13(11)14(12,3)4/h7,12-13H,5-6,8-10H2,1-4H3. The third-order valence-electron chi connectivity index (χ3n) is 4.88. The molecule has 2 bridgehead atoms. The fraction of sp³-hybridized carbons (Fsp3) is 0.857. The maximum Gasteiger partial charge on any atom is 0.0195 e. The molecule has 3 aliphatic carbocycles. The summed E-state index contributed by atoms with van der Waals surface area (Å²) < 4.78 is 0. The van der Waals surface area contributed by atoms with Crippen molar-refractivity contribution in [2.75, 3.05) is 19.6 Å². The lowest BCUT2D eigenvalue weighted by Crippen LogP contribution is -2.49. The quantitative estimate of drug-likeness (QED) is 0.639. The van der Waals surface area contributed by atoms with Crippen LogP contribution < -0.4 is 0 Å². The molecule has 2 unspecified atom stereocenters. The average Bonchev–Trinajstić information content (AvgIpc) is 2.25. The number of rotatable bonds is 4. The number of hydrogen-bond acceptors (Lipinski definition) is 1. The van der Waals surface area contributed by atoms with Crippen molar-refractivity contribution >= 4 is 0 Å². The molecule has 0 aliphatic heterocycles. The Balaban J connectivity index is 2.02. The van der Waals surface area contributed by atoms with Crippen molar-refractivity contribution in [2.24, 2.45) is 17.3 Å². The van der Waals surface area contributed by atoms with Gasteiger partial charge in [-0.2, -0.15) is 0 Å². The molecule has 0 spiro atoms. The Kier molecular flexibility index (Phi) is 2.94. The second-order valence-corrected chi connectivity index (χ2v) is 5.78. The molecule has 1 saturated carbocycles. The lowest BCUT2D eigenvalue weighted by molar-refractivity contribution is -0.0104. The number of likely N-dealkylation sites (N-methyl/N-ethyl adjacent to an activating group) is 1. The van der Waals surface area contributed by atoms with Crippen LogP contribution in [0.4, 0.5) is 0 Å². The molecule has 1 nitrogen and oxygen atoms in total. The molecular weight excluding hydrogens is 182 g/mol. The van der Waals surface area contributed by atoms with Crippen molar-refractivity contribution in [3.05, 3.63) is 11.6 Å². The second kappa shape index (κ2) is 3.93. The van der Waals surface area contributed by atoms with Crippen molar-refractivity contribution in [3.63, 3.8) is 0 Å². The van der Waals surface area contributed by atoms with Gasteiger partial charge >= 0.3 is 0 Å². The number of nitrogens with zero attached hydrogens (tertiary/aromatic N) is 1. The van der Waals surface area contributed by atoms with E-state index < -0.39 is 0 Å². The highest BCUT2D eigenvalue weighted by Crippen LogP contribution is 2.59. The summed E-state index contributed by atoms with van der Waals surface area (Å²) in [5.74, 6) is 1.86. The second-order valence-electron chi connectivity index (χ2n) is 5.78. The van der Waals surface area contributed by atoms with Crippen LogP contribution in [-0.2, 0) is 0 Å². The van der Waals surface area contributed by atoms with Gasteiger partial charge < -0.3 is 0 Å². The zero-order valence-corrected chi connectivity index (χ0v) is 10.7. The zero-order chi connectivity index (χ0) is 11.1. The molecular formula is C14H25N. The van der Waals surface area contributed by atoms with Gasteiger partial charge in [0, 0.05) is 6.54 Å². The first-order valence-electron chi connectivity index (χ1n) is 6.50. The first-order chi connectivity index (χ1) is 7.09. The molecule has 86 valence electrons. The highest BCUT2D eigenvalue weighted by molar-refractivity contribution is 5.24. The van der Waals surface area contributed by atoms with E-state index in [0.717, 1.165) is 11.8 Å². The summed E-state index contributed by atoms with van der Waals surface area (Å²) in [6.45, 7) is 13.0. The summed E-state index contributed by atoms with van der Waals surface area (Å²) in [5.41, 5.74) is 2.32. The highest BCUT2D eigenvalue weighted by Gasteiger charge is 2.50. The summed E-state index contributed by atoms with van der Waals surface area (Å²) >= 11 is 0. The highest BCUT2D eigenvalue weighted by atomic mass is 15.1. The number of hydrogen-bond donors (Lipinski definition) is 0. The van der Waals surface area contributed by atoms with Crippen LogP contribution in [0.25, 0.3) is 0 Å². The summed E-state index contributed by atoms with van der Waals surface area (Å²) in [6, 6.07) is 0. The van der Waals surface area contributed by atoms with E-state index in [0.29, 0.717) is 5.41 Å². The van der Waals surface area contributed by atoms with E-state index in [1.165, 1.54) is 32.5 Å². The Morgan fingerprint density at radius 3 is 2.47 bits per heavy atom. The Morgan fingerprint density at radius 1 is 1.33 bits per heavy atom. The fourth-order valence-electron chi connectivity index (χ4n) is 3.36. The van der Waals surface area contributed by atoms with Crippen LogP contribution in [0.1, 0.15) is 40.5 Å². The number of allylic oxidation sites excluding steroid dienone is 1. The van der Waals surface area contributed by atoms with Gasteiger partial charge in [0.25, 0.3) is 0 Å². The van der Waals surface area contributed by atoms with Crippen LogP contribution in [0.15, 0.2) is 11.6 Å². The Bertz CT molecular complexity index is 261. The first-order valence-corrected chi connectivity index (χ1v) is 6.50. The van der Waals surface area contributed by atoms with Gasteiger partial charge in [-0.1, -0.05) is 39.3 Å². The monoisotopic (exact) mass is 207 g/mol. The molecule has 0 amide bonds. The van der Waals surface area contributed by atoms with Gasteiger partial charge in [-0.25, -0.2) is 0 Å². The molecule has 0 aromatic carbocycles. The summed E-state index contributed by atoms with van der Waals surface area (Å²) in [4.78, 5) is 2.54. The van der Waals surface area contributed by atoms with E-state index in [4.69, 9.17) is 0 Å². The molecule has 0 aromatic rings. The molecule has 1 heteroatoms. The molecule has 1 fully saturated rings. The molecule has 0 N–H and O–H groups in total. The van der Waals surface area contributed by atoms with Crippen LogP contribution >= 0.6 is 0 Å². The van der Waals surface area contributed by atoms with Crippen molar-refractivity contribution in [2.45, 2.75) is 40.5 Å². The van der Waals surface area contributed by atoms with Gasteiger partial charge in [-0.3, -0.25) is 4.90 Å². The van der Waals surface area contributed by atoms with Crippen LogP contribution in [0.3, 0.4) is 0 Å². The fourth-order valence-corrected chi connectivity index (χ4v) is 3.36. The summed E-state index contributed by atoms with van der Waals surface area (Å²) in [6.07, 6.45) is 5.32. The summed E-state index contributed by atoms with van der Waals surface area (Å²) in [5, 5.41) is 0. The van der Waals surface area contributed by atoms with Gasteiger partial charge in [-0.15, -0.1) is 0 Å². The van der Waals surface area contributed by atoms with E-state index in [9.17, 15) is 0 Å². The van der Waals surface area contributed by atoms with E-state index in [1.807, 2.05) is 0 Å². The predicted molar refractivity (Wildman–Crippen MR) is 65.9 cm³/mol. The maximum absolute atomic E-state index is 2.54. The van der Waals surface area contributed by atoms with Crippen molar-refractivity contribution in [3.8, 4) is 0 Å². The predicted octanol–water partition coefficient (Wildman–Crippen LogP) is 3.32. The Labute approximate surface area is 94.5 Å². The topological polar surface area (TPSA) is 3.24 Å². The van der Waals surface area contributed by atoms with E-state index in [-0.39, 0.29) is 0 Å². The van der Waals surface area contributed by atoms with Gasteiger partial charge in [0.05, 0.1) is 0 Å². The van der Waals surface area contributed by atoms with E-state index in [2.05, 4.69) is 38.7 Å². The van der Waals surface area contributed by atoms with E-state index in [1.54, 1.807) is 5.57 Å². The minimum Gasteiger partial charge on any atom is -0.300 e. The van der Waals surface area contributed by atoms with Crippen LogP contribution in [0, 0.1) is 17.3 Å². The minimum atomic E-state index is 0.594. The molecule has 0 heterocycles. The molecule has 3 aliphatic rings. The van der Waals surface area contributed by atoms with E-state index >= 15 is 0 Å². The minimum absolute atomic E-state index is 0.594. The first kappa shape index (κ1) is 11.2. The SMILES string of the molecule is CCN(CC)CC1=CCC2CC1C2(C)C. The third kappa shape index (κ3) is 1.75. The van der Waals surface area contributed by atoms with Gasteiger partial charge in [0.2, 0.25) is 0 Å². The Hall–Kier alpha value is -0.300. The molecule has 15 heavy (non-hydrogen) atoms. The van der Waals surface area contributed by atoms with Crippen molar-refractivity contribution in [1.29, 1.82) is 0 Å².